The first kappa shape index (κ1) is 29.8. The summed E-state index contributed by atoms with van der Waals surface area (Å²) in [5.41, 5.74) is 4.25. The molecule has 5 aliphatic rings. The van der Waals surface area contributed by atoms with Gasteiger partial charge in [0.2, 0.25) is 0 Å². The van der Waals surface area contributed by atoms with Gasteiger partial charge in [-0.3, -0.25) is 10.6 Å². The molecule has 1 aliphatic heterocycles. The number of aliphatic hydroxyl groups is 1. The van der Waals surface area contributed by atoms with Crippen molar-refractivity contribution < 1.29 is 19.4 Å². The highest BCUT2D eigenvalue weighted by Crippen LogP contribution is 2.62. The van der Waals surface area contributed by atoms with Crippen molar-refractivity contribution in [2.45, 2.75) is 83.1 Å². The van der Waals surface area contributed by atoms with Gasteiger partial charge in [0.05, 0.1) is 37.0 Å². The minimum atomic E-state index is -0.578. The molecule has 5 N–H and O–H groups in total. The van der Waals surface area contributed by atoms with Crippen LogP contribution in [0.4, 0.5) is 21.0 Å². The second kappa shape index (κ2) is 11.5. The van der Waals surface area contributed by atoms with E-state index in [1.54, 1.807) is 24.3 Å². The van der Waals surface area contributed by atoms with Gasteiger partial charge in [0.1, 0.15) is 5.60 Å². The summed E-state index contributed by atoms with van der Waals surface area (Å²) in [5.74, 6) is 1.67. The zero-order chi connectivity index (χ0) is 31.3. The molecule has 2 heterocycles. The van der Waals surface area contributed by atoms with Crippen LogP contribution in [0.1, 0.15) is 70.9 Å². The summed E-state index contributed by atoms with van der Waals surface area (Å²) in [4.78, 5) is 29.0. The van der Waals surface area contributed by atoms with E-state index in [9.17, 15) is 14.7 Å². The van der Waals surface area contributed by atoms with E-state index in [2.05, 4.69) is 55.1 Å². The Morgan fingerprint density at radius 2 is 1.71 bits per heavy atom. The van der Waals surface area contributed by atoms with Crippen LogP contribution >= 0.6 is 0 Å². The van der Waals surface area contributed by atoms with Crippen molar-refractivity contribution in [2.24, 2.45) is 23.2 Å². The van der Waals surface area contributed by atoms with Crippen LogP contribution in [0.15, 0.2) is 61.1 Å². The van der Waals surface area contributed by atoms with Crippen molar-refractivity contribution in [3.05, 3.63) is 66.6 Å². The van der Waals surface area contributed by atoms with Gasteiger partial charge in [-0.25, -0.2) is 14.6 Å². The molecular formula is C35H44N6O4. The number of carbonyl (C=O) groups excluding carboxylic acids is 2. The molecule has 4 bridgehead atoms. The molecule has 10 heteroatoms. The van der Waals surface area contributed by atoms with Gasteiger partial charge in [0.25, 0.3) is 0 Å². The lowest BCUT2D eigenvalue weighted by molar-refractivity contribution is -0.137. The van der Waals surface area contributed by atoms with Crippen LogP contribution in [0, 0.1) is 23.2 Å². The van der Waals surface area contributed by atoms with Crippen molar-refractivity contribution in [1.82, 2.24) is 20.2 Å². The predicted octanol–water partition coefficient (Wildman–Crippen LogP) is 6.11. The number of benzene rings is 2. The second-order valence-electron chi connectivity index (χ2n) is 14.6. The minimum Gasteiger partial charge on any atom is -0.444 e. The Hall–Kier alpha value is -3.89. The highest BCUT2D eigenvalue weighted by molar-refractivity contribution is 5.90. The van der Waals surface area contributed by atoms with Gasteiger partial charge in [-0.1, -0.05) is 24.3 Å². The van der Waals surface area contributed by atoms with Crippen molar-refractivity contribution in [2.75, 3.05) is 17.3 Å². The summed E-state index contributed by atoms with van der Waals surface area (Å²) in [7, 11) is 0. The van der Waals surface area contributed by atoms with E-state index >= 15 is 0 Å². The first-order chi connectivity index (χ1) is 21.6. The number of hydrogen-bond donors (Lipinski definition) is 5. The largest absolute Gasteiger partial charge is 0.444 e. The molecule has 1 aromatic heterocycles. The number of rotatable bonds is 8. The van der Waals surface area contributed by atoms with E-state index in [0.29, 0.717) is 48.3 Å². The maximum absolute atomic E-state index is 12.6. The molecule has 4 atom stereocenters. The van der Waals surface area contributed by atoms with Gasteiger partial charge in [0.15, 0.2) is 0 Å². The van der Waals surface area contributed by atoms with E-state index in [1.165, 1.54) is 24.0 Å². The van der Waals surface area contributed by atoms with E-state index in [-0.39, 0.29) is 23.6 Å². The summed E-state index contributed by atoms with van der Waals surface area (Å²) >= 11 is 0. The molecule has 2 aromatic carbocycles. The predicted molar refractivity (Wildman–Crippen MR) is 173 cm³/mol. The molecular weight excluding hydrogens is 568 g/mol. The molecule has 45 heavy (non-hydrogen) atoms. The number of aliphatic hydroxyl groups excluding tert-OH is 1. The summed E-state index contributed by atoms with van der Waals surface area (Å²) in [6.45, 7) is 5.81. The Labute approximate surface area is 264 Å². The third kappa shape index (κ3) is 5.93. The fraction of sp³-hybridized carbons (Fsp3) is 0.514. The molecule has 0 spiro atoms. The van der Waals surface area contributed by atoms with E-state index in [0.717, 1.165) is 25.0 Å². The Balaban J connectivity index is 0.913. The number of carbonyl (C=O) groups is 2. The van der Waals surface area contributed by atoms with Crippen molar-refractivity contribution in [3.8, 4) is 11.3 Å². The quantitative estimate of drug-likeness (QED) is 0.195. The molecule has 238 valence electrons. The summed E-state index contributed by atoms with van der Waals surface area (Å²) in [6.07, 6.45) is 9.22. The number of anilines is 2. The number of fused-ring (bicyclic) bond motifs is 3. The lowest BCUT2D eigenvalue weighted by Gasteiger charge is -2.61. The SMILES string of the molecule is CC(C)(C)OC(=O)Nc1ccc(NC(=O)NCNC2C3CC4CC2CC(C(O)CC2c5ccccc5-c5cncn52)(C4)C3)cc1. The summed E-state index contributed by atoms with van der Waals surface area (Å²) in [5, 5.41) is 24.1. The molecule has 8 rings (SSSR count). The van der Waals surface area contributed by atoms with Gasteiger partial charge in [-0.15, -0.1) is 0 Å². The van der Waals surface area contributed by atoms with E-state index in [4.69, 9.17) is 4.74 Å². The van der Waals surface area contributed by atoms with Gasteiger partial charge in [-0.05, 0) is 112 Å². The Morgan fingerprint density at radius 3 is 2.42 bits per heavy atom. The average Bonchev–Trinajstić information content (AvgIpc) is 3.57. The van der Waals surface area contributed by atoms with Crippen molar-refractivity contribution >= 4 is 23.5 Å². The highest BCUT2D eigenvalue weighted by Gasteiger charge is 2.58. The van der Waals surface area contributed by atoms with Crippen LogP contribution in [0.2, 0.25) is 0 Å². The first-order valence-corrected chi connectivity index (χ1v) is 16.2. The van der Waals surface area contributed by atoms with Crippen LogP contribution < -0.4 is 21.3 Å². The molecule has 3 amide bonds. The smallest absolute Gasteiger partial charge is 0.412 e. The molecule has 4 aliphatic carbocycles. The molecule has 10 nitrogen and oxygen atoms in total. The number of imidazole rings is 1. The minimum absolute atomic E-state index is 0.0394. The van der Waals surface area contributed by atoms with Crippen molar-refractivity contribution in [3.63, 3.8) is 0 Å². The Bertz CT molecular complexity index is 1550. The fourth-order valence-corrected chi connectivity index (χ4v) is 8.95. The third-order valence-electron chi connectivity index (χ3n) is 10.4. The third-order valence-corrected chi connectivity index (χ3v) is 10.4. The number of hydrogen-bond acceptors (Lipinski definition) is 6. The van der Waals surface area contributed by atoms with Crippen LogP contribution in [-0.2, 0) is 4.74 Å². The Morgan fingerprint density at radius 1 is 1.02 bits per heavy atom. The monoisotopic (exact) mass is 612 g/mol. The lowest BCUT2D eigenvalue weighted by atomic mass is 9.46. The average molecular weight is 613 g/mol. The standard InChI is InChI=1S/C35H44N6O4/c1-34(2,3)45-33(44)40-25-10-8-24(9-11-25)39-32(43)38-19-37-31-22-12-21-13-23(31)17-35(15-21,16-22)30(42)14-28-26-6-4-5-7-27(26)29-18-36-20-41(28)29/h4-11,18,20-23,28,30-31,37,42H,12-17,19H2,1-3H3,(H,40,44)(H2,38,39,43). The van der Waals surface area contributed by atoms with Gasteiger partial charge >= 0.3 is 12.1 Å². The molecule has 4 fully saturated rings. The van der Waals surface area contributed by atoms with Gasteiger partial charge in [0, 0.05) is 23.0 Å². The van der Waals surface area contributed by atoms with E-state index in [1.807, 2.05) is 33.3 Å². The zero-order valence-electron chi connectivity index (χ0n) is 26.3. The molecule has 4 unspecified atom stereocenters. The first-order valence-electron chi connectivity index (χ1n) is 16.2. The number of urea groups is 1. The molecule has 3 aromatic rings. The molecule has 0 saturated heterocycles. The van der Waals surface area contributed by atoms with Crippen LogP contribution in [0.3, 0.4) is 0 Å². The lowest BCUT2D eigenvalue weighted by Crippen LogP contribution is -2.62. The topological polar surface area (TPSA) is 130 Å². The van der Waals surface area contributed by atoms with Gasteiger partial charge in [-0.2, -0.15) is 0 Å². The number of aromatic nitrogens is 2. The molecule has 0 radical (unpaired) electrons. The number of amides is 3. The molecule has 4 saturated carbocycles. The zero-order valence-corrected chi connectivity index (χ0v) is 26.3. The Kier molecular flexibility index (Phi) is 7.60. The second-order valence-corrected chi connectivity index (χ2v) is 14.6. The van der Waals surface area contributed by atoms with E-state index < -0.39 is 11.7 Å². The van der Waals surface area contributed by atoms with Crippen LogP contribution in [0.5, 0.6) is 0 Å². The summed E-state index contributed by atoms with van der Waals surface area (Å²) < 4.78 is 7.52. The number of ether oxygens (including phenoxy) is 1. The normalized spacial score (nSPS) is 28.2. The number of nitrogens with zero attached hydrogens (tertiary/aromatic N) is 2. The summed E-state index contributed by atoms with van der Waals surface area (Å²) in [6, 6.07) is 15.6. The fourth-order valence-electron chi connectivity index (χ4n) is 8.95. The highest BCUT2D eigenvalue weighted by atomic mass is 16.6. The van der Waals surface area contributed by atoms with Gasteiger partial charge < -0.3 is 25.0 Å². The number of nitrogens with one attached hydrogen (secondary N) is 4. The maximum Gasteiger partial charge on any atom is 0.412 e. The van der Waals surface area contributed by atoms with Crippen LogP contribution in [-0.4, -0.2) is 51.2 Å². The van der Waals surface area contributed by atoms with Crippen molar-refractivity contribution in [1.29, 1.82) is 0 Å². The maximum atomic E-state index is 12.6. The van der Waals surface area contributed by atoms with Crippen LogP contribution in [0.25, 0.3) is 11.3 Å².